The van der Waals surface area contributed by atoms with Crippen molar-refractivity contribution in [1.29, 1.82) is 0 Å². The van der Waals surface area contributed by atoms with Crippen molar-refractivity contribution < 1.29 is 14.3 Å². The first-order valence-electron chi connectivity index (χ1n) is 6.17. The van der Waals surface area contributed by atoms with Crippen molar-refractivity contribution in [3.63, 3.8) is 0 Å². The van der Waals surface area contributed by atoms with Gasteiger partial charge in [-0.05, 0) is 37.9 Å². The maximum Gasteiger partial charge on any atom is 0.258 e. The average Bonchev–Trinajstić information content (AvgIpc) is 2.82. The fourth-order valence-corrected chi connectivity index (χ4v) is 2.19. The summed E-state index contributed by atoms with van der Waals surface area (Å²) in [4.78, 5) is 11.7. The monoisotopic (exact) mass is 252 g/mol. The van der Waals surface area contributed by atoms with Crippen molar-refractivity contribution in [2.45, 2.75) is 25.3 Å². The highest BCUT2D eigenvalue weighted by Gasteiger charge is 2.17. The molecule has 2 rings (SSSR count). The molecule has 0 aliphatic carbocycles. The van der Waals surface area contributed by atoms with Gasteiger partial charge in [0.15, 0.2) is 0 Å². The van der Waals surface area contributed by atoms with E-state index in [0.29, 0.717) is 12.6 Å². The minimum Gasteiger partial charge on any atom is -0.507 e. The molecule has 0 saturated carbocycles. The number of halogens is 1. The molecule has 0 unspecified atom stereocenters. The minimum atomic E-state index is -0.702. The second kappa shape index (κ2) is 5.82. The second-order valence-electron chi connectivity index (χ2n) is 4.47. The quantitative estimate of drug-likeness (QED) is 0.759. The number of aromatic hydroxyl groups is 1. The highest BCUT2D eigenvalue weighted by molar-refractivity contribution is 5.97. The summed E-state index contributed by atoms with van der Waals surface area (Å²) in [6.45, 7) is 1.50. The summed E-state index contributed by atoms with van der Waals surface area (Å²) in [6.07, 6.45) is 3.09. The second-order valence-corrected chi connectivity index (χ2v) is 4.47. The number of phenols is 1. The lowest BCUT2D eigenvalue weighted by molar-refractivity contribution is 0.0945. The maximum absolute atomic E-state index is 13.4. The zero-order valence-corrected chi connectivity index (χ0v) is 10.1. The van der Waals surface area contributed by atoms with Gasteiger partial charge in [0.1, 0.15) is 17.1 Å². The fraction of sp³-hybridized carbons (Fsp3) is 0.462. The van der Waals surface area contributed by atoms with Crippen LogP contribution in [-0.2, 0) is 0 Å². The summed E-state index contributed by atoms with van der Waals surface area (Å²) in [7, 11) is 0. The predicted molar refractivity (Wildman–Crippen MR) is 66.0 cm³/mol. The fourth-order valence-electron chi connectivity index (χ4n) is 2.19. The molecular weight excluding hydrogens is 235 g/mol. The zero-order chi connectivity index (χ0) is 13.0. The molecule has 1 aromatic carbocycles. The Morgan fingerprint density at radius 2 is 2.39 bits per heavy atom. The molecule has 4 nitrogen and oxygen atoms in total. The molecule has 1 heterocycles. The third kappa shape index (κ3) is 2.98. The minimum absolute atomic E-state index is 0.281. The van der Waals surface area contributed by atoms with Crippen molar-refractivity contribution in [3.05, 3.63) is 29.6 Å². The van der Waals surface area contributed by atoms with Crippen molar-refractivity contribution in [2.24, 2.45) is 0 Å². The number of amides is 1. The van der Waals surface area contributed by atoms with Gasteiger partial charge in [0.25, 0.3) is 5.91 Å². The van der Waals surface area contributed by atoms with E-state index in [1.807, 2.05) is 0 Å². The Morgan fingerprint density at radius 3 is 3.06 bits per heavy atom. The Hall–Kier alpha value is -1.62. The molecular formula is C13H17FN2O2. The summed E-state index contributed by atoms with van der Waals surface area (Å²) in [5, 5.41) is 15.4. The van der Waals surface area contributed by atoms with Crippen molar-refractivity contribution in [1.82, 2.24) is 10.6 Å². The first-order chi connectivity index (χ1) is 8.68. The number of carbonyl (C=O) groups excluding carboxylic acids is 1. The molecule has 1 aromatic rings. The molecule has 0 spiro atoms. The van der Waals surface area contributed by atoms with E-state index in [0.717, 1.165) is 31.9 Å². The average molecular weight is 252 g/mol. The van der Waals surface area contributed by atoms with E-state index < -0.39 is 11.7 Å². The van der Waals surface area contributed by atoms with E-state index in [-0.39, 0.29) is 11.3 Å². The van der Waals surface area contributed by atoms with Crippen LogP contribution in [0.25, 0.3) is 0 Å². The van der Waals surface area contributed by atoms with Crippen LogP contribution < -0.4 is 10.6 Å². The van der Waals surface area contributed by atoms with E-state index in [1.165, 1.54) is 12.1 Å². The number of nitrogens with one attached hydrogen (secondary N) is 2. The summed E-state index contributed by atoms with van der Waals surface area (Å²) in [6, 6.07) is 4.26. The van der Waals surface area contributed by atoms with Gasteiger partial charge in [0.2, 0.25) is 0 Å². The molecule has 18 heavy (non-hydrogen) atoms. The molecule has 1 fully saturated rings. The molecule has 1 aliphatic heterocycles. The van der Waals surface area contributed by atoms with Crippen LogP contribution in [0.1, 0.15) is 29.6 Å². The lowest BCUT2D eigenvalue weighted by atomic mass is 10.1. The van der Waals surface area contributed by atoms with Crippen LogP contribution in [0, 0.1) is 5.82 Å². The van der Waals surface area contributed by atoms with Gasteiger partial charge in [0.05, 0.1) is 0 Å². The molecule has 1 atom stereocenters. The van der Waals surface area contributed by atoms with E-state index in [4.69, 9.17) is 0 Å². The number of phenolic OH excluding ortho intramolecular Hbond substituents is 1. The number of rotatable bonds is 4. The maximum atomic E-state index is 13.4. The van der Waals surface area contributed by atoms with Crippen LogP contribution in [0.4, 0.5) is 4.39 Å². The molecule has 98 valence electrons. The van der Waals surface area contributed by atoms with Gasteiger partial charge in [-0.3, -0.25) is 4.79 Å². The number of carbonyl (C=O) groups is 1. The van der Waals surface area contributed by atoms with Gasteiger partial charge >= 0.3 is 0 Å². The van der Waals surface area contributed by atoms with Gasteiger partial charge in [-0.25, -0.2) is 4.39 Å². The van der Waals surface area contributed by atoms with Gasteiger partial charge in [-0.1, -0.05) is 6.07 Å². The Morgan fingerprint density at radius 1 is 1.56 bits per heavy atom. The van der Waals surface area contributed by atoms with Crippen LogP contribution in [-0.4, -0.2) is 30.1 Å². The lowest BCUT2D eigenvalue weighted by Gasteiger charge is -2.11. The third-order valence-electron chi connectivity index (χ3n) is 3.16. The molecule has 1 aliphatic rings. The van der Waals surface area contributed by atoms with Crippen molar-refractivity contribution in [3.8, 4) is 5.75 Å². The van der Waals surface area contributed by atoms with Crippen LogP contribution in [0.2, 0.25) is 0 Å². The topological polar surface area (TPSA) is 61.4 Å². The van der Waals surface area contributed by atoms with Crippen LogP contribution in [0.3, 0.4) is 0 Å². The molecule has 1 saturated heterocycles. The largest absolute Gasteiger partial charge is 0.507 e. The van der Waals surface area contributed by atoms with Crippen LogP contribution >= 0.6 is 0 Å². The van der Waals surface area contributed by atoms with Gasteiger partial charge in [-0.15, -0.1) is 0 Å². The Labute approximate surface area is 105 Å². The summed E-state index contributed by atoms with van der Waals surface area (Å²) < 4.78 is 13.4. The zero-order valence-electron chi connectivity index (χ0n) is 10.1. The standard InChI is InChI=1S/C13H17FN2O2/c14-10-4-1-5-11(17)12(10)13(18)16-8-6-9-3-2-7-15-9/h1,4-5,9,15,17H,2-3,6-8H2,(H,16,18)/t9-/m1/s1. The van der Waals surface area contributed by atoms with E-state index in [9.17, 15) is 14.3 Å². The Bertz CT molecular complexity index is 411. The highest BCUT2D eigenvalue weighted by atomic mass is 19.1. The van der Waals surface area contributed by atoms with E-state index in [1.54, 1.807) is 0 Å². The summed E-state index contributed by atoms with van der Waals surface area (Å²) in [5.41, 5.74) is -0.281. The molecule has 5 heteroatoms. The highest BCUT2D eigenvalue weighted by Crippen LogP contribution is 2.19. The van der Waals surface area contributed by atoms with Crippen molar-refractivity contribution in [2.75, 3.05) is 13.1 Å². The molecule has 0 bridgehead atoms. The number of hydrogen-bond acceptors (Lipinski definition) is 3. The van der Waals surface area contributed by atoms with Crippen LogP contribution in [0.15, 0.2) is 18.2 Å². The predicted octanol–water partition coefficient (Wildman–Crippen LogP) is 1.40. The number of benzene rings is 1. The molecule has 0 aromatic heterocycles. The molecule has 0 radical (unpaired) electrons. The lowest BCUT2D eigenvalue weighted by Crippen LogP contribution is -2.31. The first kappa shape index (κ1) is 12.8. The number of hydrogen-bond donors (Lipinski definition) is 3. The van der Waals surface area contributed by atoms with Gasteiger partial charge < -0.3 is 15.7 Å². The van der Waals surface area contributed by atoms with Gasteiger partial charge in [-0.2, -0.15) is 0 Å². The van der Waals surface area contributed by atoms with Crippen molar-refractivity contribution >= 4 is 5.91 Å². The summed E-state index contributed by atoms with van der Waals surface area (Å²) in [5.74, 6) is -1.60. The van der Waals surface area contributed by atoms with Gasteiger partial charge in [0, 0.05) is 12.6 Å². The first-order valence-corrected chi connectivity index (χ1v) is 6.17. The molecule has 3 N–H and O–H groups in total. The molecule has 1 amide bonds. The smallest absolute Gasteiger partial charge is 0.258 e. The third-order valence-corrected chi connectivity index (χ3v) is 3.16. The van der Waals surface area contributed by atoms with Crippen LogP contribution in [0.5, 0.6) is 5.75 Å². The Balaban J connectivity index is 1.87. The van der Waals surface area contributed by atoms with E-state index >= 15 is 0 Å². The van der Waals surface area contributed by atoms with E-state index in [2.05, 4.69) is 10.6 Å². The Kier molecular flexibility index (Phi) is 4.15. The SMILES string of the molecule is O=C(NCC[C@H]1CCCN1)c1c(O)cccc1F. The summed E-state index contributed by atoms with van der Waals surface area (Å²) >= 11 is 0. The normalized spacial score (nSPS) is 18.8.